The van der Waals surface area contributed by atoms with Gasteiger partial charge >= 0.3 is 0 Å². The van der Waals surface area contributed by atoms with Crippen LogP contribution in [0.5, 0.6) is 0 Å². The Kier molecular flexibility index (Phi) is 6.17. The van der Waals surface area contributed by atoms with E-state index in [0.29, 0.717) is 24.0 Å². The van der Waals surface area contributed by atoms with E-state index in [1.807, 2.05) is 7.05 Å². The van der Waals surface area contributed by atoms with Crippen molar-refractivity contribution in [3.05, 3.63) is 35.9 Å². The zero-order chi connectivity index (χ0) is 17.4. The van der Waals surface area contributed by atoms with Crippen LogP contribution >= 0.6 is 24.0 Å². The SMILES string of the molecule is CN=C(NC1C2CCCOC2C1(C)C)N1CCC(c2ccccc2)C1.I. The average molecular weight is 469 g/mol. The molecule has 0 amide bonds. The Hall–Kier alpha value is -0.820. The summed E-state index contributed by atoms with van der Waals surface area (Å²) in [5, 5.41) is 3.80. The average Bonchev–Trinajstić information content (AvgIpc) is 3.13. The highest BCUT2D eigenvalue weighted by atomic mass is 127. The number of hydrogen-bond donors (Lipinski definition) is 1. The Labute approximate surface area is 174 Å². The predicted octanol–water partition coefficient (Wildman–Crippen LogP) is 3.87. The number of ether oxygens (including phenoxy) is 1. The van der Waals surface area contributed by atoms with Crippen molar-refractivity contribution in [3.63, 3.8) is 0 Å². The van der Waals surface area contributed by atoms with Gasteiger partial charge in [-0.2, -0.15) is 0 Å². The van der Waals surface area contributed by atoms with Crippen molar-refractivity contribution in [1.82, 2.24) is 10.2 Å². The van der Waals surface area contributed by atoms with Crippen LogP contribution in [-0.4, -0.2) is 49.7 Å². The van der Waals surface area contributed by atoms with Gasteiger partial charge in [0, 0.05) is 50.0 Å². The second-order valence-corrected chi connectivity index (χ2v) is 8.43. The number of guanidine groups is 1. The van der Waals surface area contributed by atoms with Crippen LogP contribution in [0.15, 0.2) is 35.3 Å². The molecule has 144 valence electrons. The largest absolute Gasteiger partial charge is 0.377 e. The number of fused-ring (bicyclic) bond motifs is 1. The molecule has 2 saturated heterocycles. The first-order chi connectivity index (χ1) is 12.1. The molecule has 3 fully saturated rings. The zero-order valence-electron chi connectivity index (χ0n) is 16.1. The molecule has 0 aromatic heterocycles. The van der Waals surface area contributed by atoms with Crippen molar-refractivity contribution in [1.29, 1.82) is 0 Å². The van der Waals surface area contributed by atoms with Crippen LogP contribution in [0.2, 0.25) is 0 Å². The fourth-order valence-electron chi connectivity index (χ4n) is 5.20. The van der Waals surface area contributed by atoms with E-state index in [9.17, 15) is 0 Å². The molecule has 4 atom stereocenters. The number of aliphatic imine (C=N–C) groups is 1. The van der Waals surface area contributed by atoms with Crippen LogP contribution in [0.25, 0.3) is 0 Å². The summed E-state index contributed by atoms with van der Waals surface area (Å²) in [6.07, 6.45) is 4.07. The lowest BCUT2D eigenvalue weighted by atomic mass is 9.55. The lowest BCUT2D eigenvalue weighted by molar-refractivity contribution is -0.188. The zero-order valence-corrected chi connectivity index (χ0v) is 18.5. The molecule has 0 radical (unpaired) electrons. The minimum absolute atomic E-state index is 0. The summed E-state index contributed by atoms with van der Waals surface area (Å²) >= 11 is 0. The molecular formula is C21H32IN3O. The molecule has 2 aliphatic heterocycles. The van der Waals surface area contributed by atoms with Crippen molar-refractivity contribution in [2.45, 2.75) is 51.2 Å². The second kappa shape index (κ2) is 8.05. The predicted molar refractivity (Wildman–Crippen MR) is 117 cm³/mol. The van der Waals surface area contributed by atoms with E-state index in [1.54, 1.807) is 0 Å². The molecule has 4 unspecified atom stereocenters. The molecule has 26 heavy (non-hydrogen) atoms. The summed E-state index contributed by atoms with van der Waals surface area (Å²) in [6, 6.07) is 11.4. The fourth-order valence-corrected chi connectivity index (χ4v) is 5.20. The third kappa shape index (κ3) is 3.49. The highest BCUT2D eigenvalue weighted by Gasteiger charge is 2.58. The van der Waals surface area contributed by atoms with Crippen molar-refractivity contribution in [2.75, 3.05) is 26.7 Å². The van der Waals surface area contributed by atoms with Crippen LogP contribution < -0.4 is 5.32 Å². The molecule has 4 nitrogen and oxygen atoms in total. The highest BCUT2D eigenvalue weighted by molar-refractivity contribution is 14.0. The molecule has 1 N–H and O–H groups in total. The van der Waals surface area contributed by atoms with Crippen molar-refractivity contribution < 1.29 is 4.74 Å². The molecule has 0 bridgehead atoms. The number of rotatable bonds is 2. The van der Waals surface area contributed by atoms with Crippen molar-refractivity contribution in [2.24, 2.45) is 16.3 Å². The topological polar surface area (TPSA) is 36.9 Å². The van der Waals surface area contributed by atoms with E-state index in [2.05, 4.69) is 59.4 Å². The fraction of sp³-hybridized carbons (Fsp3) is 0.667. The Morgan fingerprint density at radius 3 is 2.73 bits per heavy atom. The van der Waals surface area contributed by atoms with E-state index >= 15 is 0 Å². The minimum Gasteiger partial charge on any atom is -0.377 e. The van der Waals surface area contributed by atoms with Crippen LogP contribution in [0.1, 0.15) is 44.6 Å². The molecule has 2 heterocycles. The van der Waals surface area contributed by atoms with E-state index in [-0.39, 0.29) is 29.4 Å². The van der Waals surface area contributed by atoms with E-state index < -0.39 is 0 Å². The summed E-state index contributed by atoms with van der Waals surface area (Å²) < 4.78 is 6.04. The summed E-state index contributed by atoms with van der Waals surface area (Å²) in [5.74, 6) is 2.31. The summed E-state index contributed by atoms with van der Waals surface area (Å²) in [4.78, 5) is 7.05. The molecular weight excluding hydrogens is 437 g/mol. The molecule has 5 heteroatoms. The Morgan fingerprint density at radius 1 is 1.23 bits per heavy atom. The van der Waals surface area contributed by atoms with Crippen LogP contribution in [0, 0.1) is 11.3 Å². The number of benzene rings is 1. The maximum atomic E-state index is 6.04. The Morgan fingerprint density at radius 2 is 2.00 bits per heavy atom. The first-order valence-electron chi connectivity index (χ1n) is 9.76. The van der Waals surface area contributed by atoms with Gasteiger partial charge in [-0.3, -0.25) is 4.99 Å². The van der Waals surface area contributed by atoms with E-state index in [4.69, 9.17) is 4.74 Å². The quantitative estimate of drug-likeness (QED) is 0.406. The maximum Gasteiger partial charge on any atom is 0.193 e. The smallest absolute Gasteiger partial charge is 0.193 e. The Bertz CT molecular complexity index is 633. The first-order valence-corrected chi connectivity index (χ1v) is 9.76. The third-order valence-corrected chi connectivity index (χ3v) is 6.59. The highest BCUT2D eigenvalue weighted by Crippen LogP contribution is 2.51. The molecule has 4 rings (SSSR count). The molecule has 1 saturated carbocycles. The van der Waals surface area contributed by atoms with Crippen molar-refractivity contribution in [3.8, 4) is 0 Å². The van der Waals surface area contributed by atoms with Gasteiger partial charge in [-0.05, 0) is 24.8 Å². The number of nitrogens with one attached hydrogen (secondary N) is 1. The summed E-state index contributed by atoms with van der Waals surface area (Å²) in [5.41, 5.74) is 1.63. The lowest BCUT2D eigenvalue weighted by Crippen LogP contribution is -2.71. The van der Waals surface area contributed by atoms with Gasteiger partial charge in [0.05, 0.1) is 6.10 Å². The molecule has 3 aliphatic rings. The lowest BCUT2D eigenvalue weighted by Gasteiger charge is -2.60. The van der Waals surface area contributed by atoms with Crippen LogP contribution in [0.4, 0.5) is 0 Å². The molecule has 1 aromatic rings. The van der Waals surface area contributed by atoms with E-state index in [1.165, 1.54) is 24.8 Å². The first kappa shape index (κ1) is 19.9. The van der Waals surface area contributed by atoms with Gasteiger partial charge in [0.15, 0.2) is 5.96 Å². The van der Waals surface area contributed by atoms with Gasteiger partial charge in [-0.15, -0.1) is 24.0 Å². The number of halogens is 1. The number of nitrogens with zero attached hydrogens (tertiary/aromatic N) is 2. The summed E-state index contributed by atoms with van der Waals surface area (Å²) in [7, 11) is 1.92. The third-order valence-electron chi connectivity index (χ3n) is 6.59. The molecule has 1 aliphatic carbocycles. The van der Waals surface area contributed by atoms with Gasteiger partial charge in [0.2, 0.25) is 0 Å². The number of hydrogen-bond acceptors (Lipinski definition) is 2. The van der Waals surface area contributed by atoms with Crippen LogP contribution in [0.3, 0.4) is 0 Å². The Balaban J connectivity index is 0.00000196. The van der Waals surface area contributed by atoms with Crippen LogP contribution in [-0.2, 0) is 4.74 Å². The summed E-state index contributed by atoms with van der Waals surface area (Å²) in [6.45, 7) is 7.73. The van der Waals surface area contributed by atoms with E-state index in [0.717, 1.165) is 25.7 Å². The van der Waals surface area contributed by atoms with Gasteiger partial charge in [-0.1, -0.05) is 44.2 Å². The van der Waals surface area contributed by atoms with Gasteiger partial charge in [0.25, 0.3) is 0 Å². The molecule has 0 spiro atoms. The van der Waals surface area contributed by atoms with Gasteiger partial charge in [0.1, 0.15) is 0 Å². The normalized spacial score (nSPS) is 33.0. The number of likely N-dealkylation sites (tertiary alicyclic amines) is 1. The minimum atomic E-state index is 0. The maximum absolute atomic E-state index is 6.04. The van der Waals surface area contributed by atoms with Gasteiger partial charge in [-0.25, -0.2) is 0 Å². The van der Waals surface area contributed by atoms with Gasteiger partial charge < -0.3 is 15.0 Å². The second-order valence-electron chi connectivity index (χ2n) is 8.43. The monoisotopic (exact) mass is 469 g/mol. The molecule has 1 aromatic carbocycles. The standard InChI is InChI=1S/C21H31N3O.HI/c1-21(2)18(17-10-7-13-25-19(17)21)23-20(22-3)24-12-11-16(14-24)15-8-5-4-6-9-15;/h4-6,8-9,16-19H,7,10-14H2,1-3H3,(H,22,23);1H. The van der Waals surface area contributed by atoms with Crippen molar-refractivity contribution >= 4 is 29.9 Å².